The van der Waals surface area contributed by atoms with Gasteiger partial charge < -0.3 is 10.0 Å². The fourth-order valence-electron chi connectivity index (χ4n) is 2.85. The van der Waals surface area contributed by atoms with Crippen molar-refractivity contribution >= 4 is 34.9 Å². The summed E-state index contributed by atoms with van der Waals surface area (Å²) in [5.41, 5.74) is 1.20. The third-order valence-electron chi connectivity index (χ3n) is 4.09. The molecule has 0 heterocycles. The van der Waals surface area contributed by atoms with Gasteiger partial charge in [-0.25, -0.2) is 8.78 Å². The predicted octanol–water partition coefficient (Wildman–Crippen LogP) is 6.48. The molecule has 2 N–H and O–H groups in total. The quantitative estimate of drug-likeness (QED) is 0.590. The molecule has 1 saturated carbocycles. The second-order valence-corrected chi connectivity index (χ2v) is 7.21. The van der Waals surface area contributed by atoms with Gasteiger partial charge >= 0.3 is 0 Å². The maximum Gasteiger partial charge on any atom is 0.140 e. The summed E-state index contributed by atoms with van der Waals surface area (Å²) >= 11 is 7.37. The SMILES string of the molecule is Fc1cccc(NSc2cc(Cl)c(NC3CCCCC3)cc2F)c1. The summed E-state index contributed by atoms with van der Waals surface area (Å²) in [7, 11) is 0. The fourth-order valence-corrected chi connectivity index (χ4v) is 3.82. The monoisotopic (exact) mass is 368 g/mol. The lowest BCUT2D eigenvalue weighted by Crippen LogP contribution is -2.22. The highest BCUT2D eigenvalue weighted by atomic mass is 35.5. The minimum Gasteiger partial charge on any atom is -0.381 e. The Bertz CT molecular complexity index is 705. The van der Waals surface area contributed by atoms with Crippen LogP contribution in [0.2, 0.25) is 5.02 Å². The standard InChI is InChI=1S/C18H19ClF2N2S/c19-15-10-18(24-23-14-8-4-5-12(20)9-14)16(21)11-17(15)22-13-6-2-1-3-7-13/h4-5,8-11,13,22-23H,1-3,6-7H2. The van der Waals surface area contributed by atoms with Crippen LogP contribution in [0.5, 0.6) is 0 Å². The summed E-state index contributed by atoms with van der Waals surface area (Å²) in [6, 6.07) is 9.42. The Morgan fingerprint density at radius 2 is 1.83 bits per heavy atom. The third-order valence-corrected chi connectivity index (χ3v) is 5.27. The third kappa shape index (κ3) is 4.54. The zero-order chi connectivity index (χ0) is 16.9. The van der Waals surface area contributed by atoms with E-state index in [1.165, 1.54) is 37.5 Å². The van der Waals surface area contributed by atoms with Crippen molar-refractivity contribution in [2.45, 2.75) is 43.0 Å². The lowest BCUT2D eigenvalue weighted by molar-refractivity contribution is 0.462. The van der Waals surface area contributed by atoms with Gasteiger partial charge in [0, 0.05) is 11.7 Å². The molecule has 2 aromatic rings. The molecule has 0 saturated heterocycles. The van der Waals surface area contributed by atoms with Crippen molar-refractivity contribution in [1.82, 2.24) is 0 Å². The van der Waals surface area contributed by atoms with Crippen molar-refractivity contribution < 1.29 is 8.78 Å². The zero-order valence-corrected chi connectivity index (χ0v) is 14.7. The first kappa shape index (κ1) is 17.4. The molecule has 128 valence electrons. The van der Waals surface area contributed by atoms with Crippen molar-refractivity contribution in [3.05, 3.63) is 53.1 Å². The summed E-state index contributed by atoms with van der Waals surface area (Å²) in [6.45, 7) is 0. The van der Waals surface area contributed by atoms with Gasteiger partial charge in [-0.1, -0.05) is 36.9 Å². The van der Waals surface area contributed by atoms with Crippen LogP contribution in [-0.2, 0) is 0 Å². The molecule has 0 aromatic heterocycles. The van der Waals surface area contributed by atoms with Gasteiger partial charge in [0.15, 0.2) is 0 Å². The minimum absolute atomic E-state index is 0.342. The molecule has 0 bridgehead atoms. The second-order valence-electron chi connectivity index (χ2n) is 5.96. The molecule has 0 spiro atoms. The number of hydrogen-bond donors (Lipinski definition) is 2. The smallest absolute Gasteiger partial charge is 0.140 e. The molecular weight excluding hydrogens is 350 g/mol. The molecule has 1 aliphatic rings. The van der Waals surface area contributed by atoms with E-state index in [2.05, 4.69) is 10.0 Å². The van der Waals surface area contributed by atoms with Crippen molar-refractivity contribution in [3.8, 4) is 0 Å². The van der Waals surface area contributed by atoms with Gasteiger partial charge in [0.1, 0.15) is 11.6 Å². The molecule has 1 aliphatic carbocycles. The Balaban J connectivity index is 1.67. The van der Waals surface area contributed by atoms with E-state index in [1.807, 2.05) is 0 Å². The molecule has 2 nitrogen and oxygen atoms in total. The van der Waals surface area contributed by atoms with Crippen LogP contribution in [0.1, 0.15) is 32.1 Å². The largest absolute Gasteiger partial charge is 0.381 e. The molecule has 1 fully saturated rings. The Hall–Kier alpha value is -1.46. The lowest BCUT2D eigenvalue weighted by Gasteiger charge is -2.24. The maximum absolute atomic E-state index is 14.3. The first-order valence-electron chi connectivity index (χ1n) is 8.06. The number of benzene rings is 2. The Kier molecular flexibility index (Phi) is 5.85. The molecule has 6 heteroatoms. The van der Waals surface area contributed by atoms with Crippen LogP contribution >= 0.6 is 23.5 Å². The highest BCUT2D eigenvalue weighted by Crippen LogP contribution is 2.33. The van der Waals surface area contributed by atoms with Crippen LogP contribution in [0, 0.1) is 11.6 Å². The van der Waals surface area contributed by atoms with Gasteiger partial charge in [0.05, 0.1) is 15.6 Å². The van der Waals surface area contributed by atoms with Crippen LogP contribution in [0.4, 0.5) is 20.2 Å². The normalized spacial score (nSPS) is 15.3. The Labute approximate surface area is 150 Å². The van der Waals surface area contributed by atoms with E-state index in [4.69, 9.17) is 11.6 Å². The van der Waals surface area contributed by atoms with E-state index < -0.39 is 0 Å². The van der Waals surface area contributed by atoms with Gasteiger partial charge in [-0.15, -0.1) is 0 Å². The first-order valence-corrected chi connectivity index (χ1v) is 9.25. The van der Waals surface area contributed by atoms with E-state index in [9.17, 15) is 8.78 Å². The summed E-state index contributed by atoms with van der Waals surface area (Å²) in [5.74, 6) is -0.697. The minimum atomic E-state index is -0.355. The number of rotatable bonds is 5. The average Bonchev–Trinajstić information content (AvgIpc) is 2.58. The van der Waals surface area contributed by atoms with E-state index in [0.717, 1.165) is 24.8 Å². The summed E-state index contributed by atoms with van der Waals surface area (Å²) < 4.78 is 30.4. The molecule has 0 unspecified atom stereocenters. The topological polar surface area (TPSA) is 24.1 Å². The van der Waals surface area contributed by atoms with E-state index in [-0.39, 0.29) is 11.6 Å². The summed E-state index contributed by atoms with van der Waals surface area (Å²) in [4.78, 5) is 0.374. The molecular formula is C18H19ClF2N2S. The zero-order valence-electron chi connectivity index (χ0n) is 13.1. The van der Waals surface area contributed by atoms with Gasteiger partial charge in [0.2, 0.25) is 0 Å². The highest BCUT2D eigenvalue weighted by Gasteiger charge is 2.16. The fraction of sp³-hybridized carbons (Fsp3) is 0.333. The van der Waals surface area contributed by atoms with E-state index in [1.54, 1.807) is 18.2 Å². The van der Waals surface area contributed by atoms with Crippen molar-refractivity contribution in [1.29, 1.82) is 0 Å². The van der Waals surface area contributed by atoms with E-state index in [0.29, 0.717) is 27.3 Å². The lowest BCUT2D eigenvalue weighted by atomic mass is 9.95. The van der Waals surface area contributed by atoms with Crippen LogP contribution in [0.15, 0.2) is 41.3 Å². The van der Waals surface area contributed by atoms with Crippen molar-refractivity contribution in [2.24, 2.45) is 0 Å². The Morgan fingerprint density at radius 3 is 2.58 bits per heavy atom. The highest BCUT2D eigenvalue weighted by molar-refractivity contribution is 8.00. The van der Waals surface area contributed by atoms with Crippen molar-refractivity contribution in [2.75, 3.05) is 10.0 Å². The Morgan fingerprint density at radius 1 is 1.04 bits per heavy atom. The average molecular weight is 369 g/mol. The number of anilines is 2. The molecule has 0 amide bonds. The molecule has 0 aliphatic heterocycles. The molecule has 0 atom stereocenters. The van der Waals surface area contributed by atoms with Gasteiger partial charge in [-0.3, -0.25) is 0 Å². The summed E-state index contributed by atoms with van der Waals surface area (Å²) in [6.07, 6.45) is 5.85. The van der Waals surface area contributed by atoms with Gasteiger partial charge in [0.25, 0.3) is 0 Å². The number of halogens is 3. The first-order chi connectivity index (χ1) is 11.6. The van der Waals surface area contributed by atoms with Gasteiger partial charge in [-0.2, -0.15) is 0 Å². The molecule has 3 rings (SSSR count). The van der Waals surface area contributed by atoms with Crippen molar-refractivity contribution in [3.63, 3.8) is 0 Å². The van der Waals surface area contributed by atoms with Crippen LogP contribution in [0.3, 0.4) is 0 Å². The molecule has 24 heavy (non-hydrogen) atoms. The molecule has 2 aromatic carbocycles. The molecule has 0 radical (unpaired) electrons. The summed E-state index contributed by atoms with van der Waals surface area (Å²) in [5, 5.41) is 3.84. The number of nitrogens with one attached hydrogen (secondary N) is 2. The maximum atomic E-state index is 14.3. The van der Waals surface area contributed by atoms with Gasteiger partial charge in [-0.05, 0) is 55.1 Å². The van der Waals surface area contributed by atoms with Crippen LogP contribution in [0.25, 0.3) is 0 Å². The second kappa shape index (κ2) is 8.08. The van der Waals surface area contributed by atoms with Crippen LogP contribution in [-0.4, -0.2) is 6.04 Å². The van der Waals surface area contributed by atoms with Crippen LogP contribution < -0.4 is 10.0 Å². The van der Waals surface area contributed by atoms with E-state index >= 15 is 0 Å². The predicted molar refractivity (Wildman–Crippen MR) is 97.8 cm³/mol. The number of hydrogen-bond acceptors (Lipinski definition) is 3.